The zero-order valence-electron chi connectivity index (χ0n) is 16.5. The van der Waals surface area contributed by atoms with E-state index in [9.17, 15) is 0 Å². The molecular weight excluding hydrogens is 348 g/mol. The van der Waals surface area contributed by atoms with Crippen molar-refractivity contribution in [2.45, 2.75) is 25.8 Å². The Kier molecular flexibility index (Phi) is 4.64. The smallest absolute Gasteiger partial charge is 0.142 e. The number of hydrogen-bond acceptors (Lipinski definition) is 5. The molecule has 0 amide bonds. The molecule has 4 heterocycles. The molecule has 6 heteroatoms. The third kappa shape index (κ3) is 3.22. The highest BCUT2D eigenvalue weighted by molar-refractivity contribution is 5.87. The predicted molar refractivity (Wildman–Crippen MR) is 114 cm³/mol. The SMILES string of the molecule is Cc1ccccc1N1CCN(C2CCCN(c3ncnc4[nH]ccc34)C2)CC1. The number of aryl methyl sites for hydroxylation is 1. The zero-order chi connectivity index (χ0) is 18.9. The third-order valence-electron chi connectivity index (χ3n) is 6.32. The van der Waals surface area contributed by atoms with Gasteiger partial charge in [-0.1, -0.05) is 18.2 Å². The van der Waals surface area contributed by atoms with Crippen molar-refractivity contribution in [1.29, 1.82) is 0 Å². The summed E-state index contributed by atoms with van der Waals surface area (Å²) in [4.78, 5) is 19.8. The number of nitrogens with zero attached hydrogens (tertiary/aromatic N) is 5. The first-order chi connectivity index (χ1) is 13.8. The highest BCUT2D eigenvalue weighted by Crippen LogP contribution is 2.28. The summed E-state index contributed by atoms with van der Waals surface area (Å²) < 4.78 is 0. The number of rotatable bonds is 3. The van der Waals surface area contributed by atoms with Gasteiger partial charge in [-0.3, -0.25) is 4.90 Å². The number of nitrogens with one attached hydrogen (secondary N) is 1. The Morgan fingerprint density at radius 2 is 1.82 bits per heavy atom. The average Bonchev–Trinajstić information content (AvgIpc) is 3.23. The van der Waals surface area contributed by atoms with E-state index < -0.39 is 0 Å². The van der Waals surface area contributed by atoms with E-state index >= 15 is 0 Å². The molecular formula is C22H28N6. The minimum atomic E-state index is 0.608. The van der Waals surface area contributed by atoms with Crippen LogP contribution in [0.1, 0.15) is 18.4 Å². The van der Waals surface area contributed by atoms with Crippen molar-refractivity contribution in [3.05, 3.63) is 48.4 Å². The van der Waals surface area contributed by atoms with Gasteiger partial charge in [-0.15, -0.1) is 0 Å². The lowest BCUT2D eigenvalue weighted by atomic mass is 10.0. The van der Waals surface area contributed by atoms with Crippen LogP contribution in [0, 0.1) is 6.92 Å². The highest BCUT2D eigenvalue weighted by atomic mass is 15.3. The second-order valence-electron chi connectivity index (χ2n) is 7.99. The largest absolute Gasteiger partial charge is 0.369 e. The summed E-state index contributed by atoms with van der Waals surface area (Å²) in [6, 6.07) is 11.4. The van der Waals surface area contributed by atoms with Gasteiger partial charge in [-0.25, -0.2) is 9.97 Å². The van der Waals surface area contributed by atoms with Crippen LogP contribution in [0.15, 0.2) is 42.9 Å². The maximum atomic E-state index is 4.61. The van der Waals surface area contributed by atoms with Gasteiger partial charge >= 0.3 is 0 Å². The zero-order valence-corrected chi connectivity index (χ0v) is 16.5. The number of piperazine rings is 1. The monoisotopic (exact) mass is 376 g/mol. The number of hydrogen-bond donors (Lipinski definition) is 1. The summed E-state index contributed by atoms with van der Waals surface area (Å²) in [5, 5.41) is 1.13. The molecule has 3 aromatic rings. The molecule has 0 aliphatic carbocycles. The minimum Gasteiger partial charge on any atom is -0.369 e. The van der Waals surface area contributed by atoms with Gasteiger partial charge in [0.25, 0.3) is 0 Å². The van der Waals surface area contributed by atoms with E-state index in [1.807, 2.05) is 6.20 Å². The summed E-state index contributed by atoms with van der Waals surface area (Å²) >= 11 is 0. The van der Waals surface area contributed by atoms with E-state index in [4.69, 9.17) is 0 Å². The Balaban J connectivity index is 1.26. The number of anilines is 2. The van der Waals surface area contributed by atoms with Gasteiger partial charge in [0.05, 0.1) is 5.39 Å². The van der Waals surface area contributed by atoms with E-state index in [0.717, 1.165) is 56.1 Å². The van der Waals surface area contributed by atoms with Crippen LogP contribution < -0.4 is 9.80 Å². The number of piperidine rings is 1. The molecule has 5 rings (SSSR count). The van der Waals surface area contributed by atoms with Crippen LogP contribution in [-0.4, -0.2) is 65.2 Å². The van der Waals surface area contributed by atoms with Crippen molar-refractivity contribution >= 4 is 22.5 Å². The first kappa shape index (κ1) is 17.5. The summed E-state index contributed by atoms with van der Waals surface area (Å²) in [6.45, 7) is 8.84. The van der Waals surface area contributed by atoms with E-state index in [2.05, 4.69) is 66.9 Å². The van der Waals surface area contributed by atoms with Gasteiger partial charge in [0.1, 0.15) is 17.8 Å². The summed E-state index contributed by atoms with van der Waals surface area (Å²) in [7, 11) is 0. The first-order valence-electron chi connectivity index (χ1n) is 10.4. The number of benzene rings is 1. The minimum absolute atomic E-state index is 0.608. The van der Waals surface area contributed by atoms with Crippen LogP contribution in [0.5, 0.6) is 0 Å². The molecule has 28 heavy (non-hydrogen) atoms. The second-order valence-corrected chi connectivity index (χ2v) is 7.99. The van der Waals surface area contributed by atoms with Crippen LogP contribution >= 0.6 is 0 Å². The molecule has 2 fully saturated rings. The molecule has 6 nitrogen and oxygen atoms in total. The number of aromatic nitrogens is 3. The lowest BCUT2D eigenvalue weighted by Crippen LogP contribution is -2.55. The molecule has 1 N–H and O–H groups in total. The predicted octanol–water partition coefficient (Wildman–Crippen LogP) is 3.06. The van der Waals surface area contributed by atoms with Crippen LogP contribution in [0.25, 0.3) is 11.0 Å². The van der Waals surface area contributed by atoms with Gasteiger partial charge < -0.3 is 14.8 Å². The number of para-hydroxylation sites is 1. The molecule has 146 valence electrons. The summed E-state index contributed by atoms with van der Waals surface area (Å²) in [6.07, 6.45) is 6.13. The lowest BCUT2D eigenvalue weighted by molar-refractivity contribution is 0.166. The van der Waals surface area contributed by atoms with E-state index in [1.54, 1.807) is 6.33 Å². The Labute approximate surface area is 166 Å². The normalized spacial score (nSPS) is 21.4. The second kappa shape index (κ2) is 7.43. The van der Waals surface area contributed by atoms with E-state index in [0.29, 0.717) is 6.04 Å². The fourth-order valence-electron chi connectivity index (χ4n) is 4.80. The van der Waals surface area contributed by atoms with Crippen molar-refractivity contribution in [3.63, 3.8) is 0 Å². The standard InChI is InChI=1S/C22H28N6/c1-17-5-2-3-7-20(17)27-13-11-26(12-14-27)18-6-4-10-28(15-18)22-19-8-9-23-21(19)24-16-25-22/h2-3,5,7-9,16,18H,4,6,10-15H2,1H3,(H,23,24,25). The first-order valence-corrected chi connectivity index (χ1v) is 10.4. The molecule has 1 aromatic carbocycles. The Morgan fingerprint density at radius 3 is 2.68 bits per heavy atom. The lowest BCUT2D eigenvalue weighted by Gasteiger charge is -2.44. The Bertz CT molecular complexity index is 943. The summed E-state index contributed by atoms with van der Waals surface area (Å²) in [5.74, 6) is 1.08. The van der Waals surface area contributed by atoms with Gasteiger partial charge in [0.15, 0.2) is 0 Å². The van der Waals surface area contributed by atoms with Crippen LogP contribution in [0.2, 0.25) is 0 Å². The van der Waals surface area contributed by atoms with Crippen molar-refractivity contribution in [2.24, 2.45) is 0 Å². The Hall–Kier alpha value is -2.60. The third-order valence-corrected chi connectivity index (χ3v) is 6.32. The molecule has 2 aromatic heterocycles. The van der Waals surface area contributed by atoms with E-state index in [1.165, 1.54) is 24.1 Å². The molecule has 1 unspecified atom stereocenters. The molecule has 0 saturated carbocycles. The Morgan fingerprint density at radius 1 is 0.964 bits per heavy atom. The molecule has 0 radical (unpaired) electrons. The van der Waals surface area contributed by atoms with Crippen LogP contribution in [0.4, 0.5) is 11.5 Å². The van der Waals surface area contributed by atoms with Gasteiger partial charge in [-0.05, 0) is 37.5 Å². The average molecular weight is 377 g/mol. The van der Waals surface area contributed by atoms with Crippen LogP contribution in [-0.2, 0) is 0 Å². The maximum absolute atomic E-state index is 4.61. The quantitative estimate of drug-likeness (QED) is 0.761. The molecule has 0 bridgehead atoms. The molecule has 2 saturated heterocycles. The van der Waals surface area contributed by atoms with Gasteiger partial charge in [-0.2, -0.15) is 0 Å². The number of fused-ring (bicyclic) bond motifs is 1. The molecule has 2 aliphatic rings. The number of aromatic amines is 1. The van der Waals surface area contributed by atoms with Gasteiger partial charge in [0, 0.05) is 57.2 Å². The molecule has 2 aliphatic heterocycles. The van der Waals surface area contributed by atoms with Crippen LogP contribution in [0.3, 0.4) is 0 Å². The van der Waals surface area contributed by atoms with E-state index in [-0.39, 0.29) is 0 Å². The van der Waals surface area contributed by atoms with Gasteiger partial charge in [0.2, 0.25) is 0 Å². The van der Waals surface area contributed by atoms with Crippen molar-refractivity contribution in [3.8, 4) is 0 Å². The highest BCUT2D eigenvalue weighted by Gasteiger charge is 2.29. The molecule has 1 atom stereocenters. The summed E-state index contributed by atoms with van der Waals surface area (Å²) in [5.41, 5.74) is 3.70. The van der Waals surface area contributed by atoms with Crippen molar-refractivity contribution in [2.75, 3.05) is 49.1 Å². The molecule has 0 spiro atoms. The fraction of sp³-hybridized carbons (Fsp3) is 0.455. The van der Waals surface area contributed by atoms with Crippen molar-refractivity contribution < 1.29 is 0 Å². The van der Waals surface area contributed by atoms with Crippen molar-refractivity contribution in [1.82, 2.24) is 19.9 Å². The topological polar surface area (TPSA) is 51.3 Å². The fourth-order valence-corrected chi connectivity index (χ4v) is 4.80. The number of H-pyrrole nitrogens is 1. The maximum Gasteiger partial charge on any atom is 0.142 e.